The second-order valence-electron chi connectivity index (χ2n) is 8.04. The molecule has 0 radical (unpaired) electrons. The van der Waals surface area contributed by atoms with Crippen molar-refractivity contribution in [2.24, 2.45) is 0 Å². The molecule has 0 atom stereocenters. The minimum absolute atomic E-state index is 0.0907. The lowest BCUT2D eigenvalue weighted by Crippen LogP contribution is -2.27. The molecule has 2 aromatic carbocycles. The smallest absolute Gasteiger partial charge is 0.309 e. The summed E-state index contributed by atoms with van der Waals surface area (Å²) in [6.07, 6.45) is 1.84. The molecule has 0 spiro atoms. The molecular weight excluding hydrogens is 444 g/mol. The summed E-state index contributed by atoms with van der Waals surface area (Å²) in [5.41, 5.74) is 1.43. The maximum Gasteiger partial charge on any atom is 0.309 e. The highest BCUT2D eigenvalue weighted by atomic mass is 32.2. The molecule has 174 valence electrons. The first-order chi connectivity index (χ1) is 15.8. The molecule has 1 amide bonds. The van der Waals surface area contributed by atoms with Crippen LogP contribution < -0.4 is 10.1 Å². The molecule has 1 fully saturated rings. The van der Waals surface area contributed by atoms with Gasteiger partial charge in [0, 0.05) is 25.2 Å². The van der Waals surface area contributed by atoms with Crippen molar-refractivity contribution < 1.29 is 22.4 Å². The van der Waals surface area contributed by atoms with E-state index in [-0.39, 0.29) is 22.8 Å². The number of nitrogens with zero attached hydrogens (tertiary/aromatic N) is 3. The monoisotopic (exact) mass is 470 g/mol. The van der Waals surface area contributed by atoms with E-state index in [2.05, 4.69) is 15.5 Å². The van der Waals surface area contributed by atoms with E-state index in [9.17, 15) is 13.2 Å². The maximum absolute atomic E-state index is 12.6. The van der Waals surface area contributed by atoms with E-state index in [1.165, 1.54) is 16.4 Å². The first kappa shape index (κ1) is 22.9. The molecule has 3 aromatic rings. The van der Waals surface area contributed by atoms with Gasteiger partial charge in [0.25, 0.3) is 0 Å². The Balaban J connectivity index is 1.37. The molecule has 2 heterocycles. The summed E-state index contributed by atoms with van der Waals surface area (Å²) in [4.78, 5) is 12.6. The van der Waals surface area contributed by atoms with Gasteiger partial charge in [0.2, 0.25) is 15.9 Å². The van der Waals surface area contributed by atoms with Gasteiger partial charge in [-0.2, -0.15) is 4.31 Å². The van der Waals surface area contributed by atoms with Crippen LogP contribution in [0.3, 0.4) is 0 Å². The van der Waals surface area contributed by atoms with Crippen LogP contribution in [0.25, 0.3) is 11.5 Å². The van der Waals surface area contributed by atoms with Crippen molar-refractivity contribution >= 4 is 15.9 Å². The Kier molecular flexibility index (Phi) is 6.75. The molecule has 0 aliphatic carbocycles. The van der Waals surface area contributed by atoms with Crippen LogP contribution in [0.2, 0.25) is 0 Å². The number of rotatable bonds is 8. The van der Waals surface area contributed by atoms with Crippen LogP contribution in [0.15, 0.2) is 57.8 Å². The van der Waals surface area contributed by atoms with E-state index in [4.69, 9.17) is 9.15 Å². The summed E-state index contributed by atoms with van der Waals surface area (Å²) in [6.45, 7) is 5.29. The first-order valence-electron chi connectivity index (χ1n) is 10.8. The van der Waals surface area contributed by atoms with Gasteiger partial charge in [-0.15, -0.1) is 10.2 Å². The van der Waals surface area contributed by atoms with Crippen LogP contribution in [0.4, 0.5) is 0 Å². The third-order valence-electron chi connectivity index (χ3n) is 5.17. The Morgan fingerprint density at radius 3 is 2.36 bits per heavy atom. The molecule has 10 heteroatoms. The SMILES string of the molecule is CC(C)Oc1ccc(CNC(=O)c2nnc(-c3ccc(S(=O)(=O)N4CCCC4)cc3)o2)cc1. The van der Waals surface area contributed by atoms with Crippen molar-refractivity contribution in [3.8, 4) is 17.2 Å². The molecule has 4 rings (SSSR count). The van der Waals surface area contributed by atoms with Gasteiger partial charge in [-0.05, 0) is 68.7 Å². The number of hydrogen-bond acceptors (Lipinski definition) is 7. The highest BCUT2D eigenvalue weighted by Gasteiger charge is 2.27. The van der Waals surface area contributed by atoms with Gasteiger partial charge in [-0.25, -0.2) is 8.42 Å². The van der Waals surface area contributed by atoms with Gasteiger partial charge in [0.15, 0.2) is 0 Å². The highest BCUT2D eigenvalue weighted by molar-refractivity contribution is 7.89. The molecule has 1 saturated heterocycles. The molecule has 1 aliphatic heterocycles. The molecule has 33 heavy (non-hydrogen) atoms. The summed E-state index contributed by atoms with van der Waals surface area (Å²) < 4.78 is 37.9. The molecule has 0 saturated carbocycles. The number of benzene rings is 2. The third kappa shape index (κ3) is 5.40. The van der Waals surface area contributed by atoms with Gasteiger partial charge < -0.3 is 14.5 Å². The van der Waals surface area contributed by atoms with E-state index >= 15 is 0 Å². The van der Waals surface area contributed by atoms with Crippen molar-refractivity contribution in [2.45, 2.75) is 44.2 Å². The quantitative estimate of drug-likeness (QED) is 0.537. The van der Waals surface area contributed by atoms with Gasteiger partial charge >= 0.3 is 11.8 Å². The van der Waals surface area contributed by atoms with Crippen molar-refractivity contribution in [3.05, 3.63) is 60.0 Å². The molecule has 1 N–H and O–H groups in total. The minimum Gasteiger partial charge on any atom is -0.491 e. The first-order valence-corrected chi connectivity index (χ1v) is 12.2. The van der Waals surface area contributed by atoms with E-state index in [1.807, 2.05) is 38.1 Å². The van der Waals surface area contributed by atoms with Crippen molar-refractivity contribution in [3.63, 3.8) is 0 Å². The minimum atomic E-state index is -3.49. The summed E-state index contributed by atoms with van der Waals surface area (Å²) in [5, 5.41) is 10.5. The zero-order valence-corrected chi connectivity index (χ0v) is 19.3. The predicted octanol–water partition coefficient (Wildman–Crippen LogP) is 3.24. The number of sulfonamides is 1. The fourth-order valence-electron chi connectivity index (χ4n) is 3.49. The van der Waals surface area contributed by atoms with E-state index < -0.39 is 15.9 Å². The Hall–Kier alpha value is -3.24. The maximum atomic E-state index is 12.6. The normalized spacial score (nSPS) is 14.5. The summed E-state index contributed by atoms with van der Waals surface area (Å²) >= 11 is 0. The Morgan fingerprint density at radius 2 is 1.73 bits per heavy atom. The number of aromatic nitrogens is 2. The summed E-state index contributed by atoms with van der Waals surface area (Å²) in [5.74, 6) is 0.240. The van der Waals surface area contributed by atoms with Crippen molar-refractivity contribution in [2.75, 3.05) is 13.1 Å². The fraction of sp³-hybridized carbons (Fsp3) is 0.348. The lowest BCUT2D eigenvalue weighted by molar-refractivity contribution is 0.0917. The largest absolute Gasteiger partial charge is 0.491 e. The lowest BCUT2D eigenvalue weighted by Gasteiger charge is -2.15. The van der Waals surface area contributed by atoms with Crippen LogP contribution in [0.1, 0.15) is 42.9 Å². The average Bonchev–Trinajstić information content (AvgIpc) is 3.51. The Bertz CT molecular complexity index is 1200. The Labute approximate surface area is 192 Å². The summed E-state index contributed by atoms with van der Waals surface area (Å²) in [6, 6.07) is 13.7. The molecule has 1 aliphatic rings. The lowest BCUT2D eigenvalue weighted by atomic mass is 10.2. The number of nitrogens with one attached hydrogen (secondary N) is 1. The fourth-order valence-corrected chi connectivity index (χ4v) is 5.01. The molecule has 0 unspecified atom stereocenters. The molecule has 1 aromatic heterocycles. The zero-order chi connectivity index (χ0) is 23.4. The van der Waals surface area contributed by atoms with Crippen LogP contribution in [0, 0.1) is 0 Å². The third-order valence-corrected chi connectivity index (χ3v) is 7.08. The second kappa shape index (κ2) is 9.72. The van der Waals surface area contributed by atoms with Crippen LogP contribution in [0.5, 0.6) is 5.75 Å². The van der Waals surface area contributed by atoms with E-state index in [0.29, 0.717) is 25.2 Å². The van der Waals surface area contributed by atoms with E-state index in [1.54, 1.807) is 12.1 Å². The predicted molar refractivity (Wildman–Crippen MR) is 121 cm³/mol. The van der Waals surface area contributed by atoms with E-state index in [0.717, 1.165) is 24.2 Å². The molecular formula is C23H26N4O5S. The standard InChI is InChI=1S/C23H26N4O5S/c1-16(2)31-19-9-5-17(6-10-19)15-24-21(28)23-26-25-22(32-23)18-7-11-20(12-8-18)33(29,30)27-13-3-4-14-27/h5-12,16H,3-4,13-15H2,1-2H3,(H,24,28). The number of carbonyl (C=O) groups is 1. The van der Waals surface area contributed by atoms with Gasteiger partial charge in [-0.1, -0.05) is 12.1 Å². The highest BCUT2D eigenvalue weighted by Crippen LogP contribution is 2.24. The van der Waals surface area contributed by atoms with Gasteiger partial charge in [0.1, 0.15) is 5.75 Å². The van der Waals surface area contributed by atoms with Gasteiger partial charge in [-0.3, -0.25) is 4.79 Å². The summed E-state index contributed by atoms with van der Waals surface area (Å²) in [7, 11) is -3.49. The topological polar surface area (TPSA) is 115 Å². The van der Waals surface area contributed by atoms with Crippen molar-refractivity contribution in [1.82, 2.24) is 19.8 Å². The molecule has 9 nitrogen and oxygen atoms in total. The number of amides is 1. The van der Waals surface area contributed by atoms with Crippen LogP contribution in [-0.4, -0.2) is 48.0 Å². The van der Waals surface area contributed by atoms with Crippen LogP contribution in [-0.2, 0) is 16.6 Å². The number of carbonyl (C=O) groups excluding carboxylic acids is 1. The molecule has 0 bridgehead atoms. The van der Waals surface area contributed by atoms with Gasteiger partial charge in [0.05, 0.1) is 11.0 Å². The van der Waals surface area contributed by atoms with Crippen molar-refractivity contribution in [1.29, 1.82) is 0 Å². The zero-order valence-electron chi connectivity index (χ0n) is 18.5. The van der Waals surface area contributed by atoms with Crippen LogP contribution >= 0.6 is 0 Å². The second-order valence-corrected chi connectivity index (χ2v) is 9.98. The Morgan fingerprint density at radius 1 is 1.06 bits per heavy atom. The average molecular weight is 471 g/mol. The number of hydrogen-bond donors (Lipinski definition) is 1. The number of ether oxygens (including phenoxy) is 1.